The van der Waals surface area contributed by atoms with E-state index in [9.17, 15) is 9.59 Å². The van der Waals surface area contributed by atoms with E-state index in [0.717, 1.165) is 56.8 Å². The van der Waals surface area contributed by atoms with Crippen LogP contribution in [0, 0.1) is 0 Å². The molecule has 0 radical (unpaired) electrons. The molecule has 0 aliphatic carbocycles. The maximum absolute atomic E-state index is 13.8. The van der Waals surface area contributed by atoms with Gasteiger partial charge in [0.2, 0.25) is 5.91 Å². The number of nitrogens with zero attached hydrogens (tertiary/aromatic N) is 3. The summed E-state index contributed by atoms with van der Waals surface area (Å²) in [4.78, 5) is 34.0. The summed E-state index contributed by atoms with van der Waals surface area (Å²) in [6, 6.07) is 26.3. The smallest absolute Gasteiger partial charge is 0.254 e. The fourth-order valence-electron chi connectivity index (χ4n) is 6.22. The minimum atomic E-state index is -0.405. The lowest BCUT2D eigenvalue weighted by Gasteiger charge is -2.45. The van der Waals surface area contributed by atoms with E-state index in [4.69, 9.17) is 0 Å². The Morgan fingerprint density at radius 1 is 0.784 bits per heavy atom. The van der Waals surface area contributed by atoms with Crippen LogP contribution >= 0.6 is 0 Å². The molecule has 0 unspecified atom stereocenters. The van der Waals surface area contributed by atoms with Crippen molar-refractivity contribution in [2.75, 3.05) is 45.8 Å². The van der Waals surface area contributed by atoms with Crippen LogP contribution in [0.2, 0.25) is 0 Å². The van der Waals surface area contributed by atoms with Crippen LogP contribution in [0.1, 0.15) is 44.6 Å². The third-order valence-corrected chi connectivity index (χ3v) is 8.16. The Labute approximate surface area is 218 Å². The Hall–Kier alpha value is -3.48. The molecular weight excluding hydrogens is 460 g/mol. The monoisotopic (exact) mass is 494 g/mol. The molecule has 0 spiro atoms. The van der Waals surface area contributed by atoms with E-state index in [1.54, 1.807) is 0 Å². The number of carbonyl (C=O) groups is 2. The molecule has 0 bridgehead atoms. The molecule has 3 aromatic carbocycles. The molecule has 1 fully saturated rings. The summed E-state index contributed by atoms with van der Waals surface area (Å²) in [7, 11) is 0. The molecule has 2 atom stereocenters. The van der Waals surface area contributed by atoms with Crippen LogP contribution < -0.4 is 5.32 Å². The number of hydrogen-bond acceptors (Lipinski definition) is 4. The van der Waals surface area contributed by atoms with Crippen molar-refractivity contribution in [1.82, 2.24) is 20.0 Å². The molecule has 0 aromatic heterocycles. The predicted octanol–water partition coefficient (Wildman–Crippen LogP) is 3.46. The number of amides is 2. The summed E-state index contributed by atoms with van der Waals surface area (Å²) in [6.45, 7) is 7.17. The fraction of sp³-hybridized carbons (Fsp3) is 0.355. The summed E-state index contributed by atoms with van der Waals surface area (Å²) < 4.78 is 0. The van der Waals surface area contributed by atoms with Crippen molar-refractivity contribution in [2.24, 2.45) is 0 Å². The lowest BCUT2D eigenvalue weighted by atomic mass is 9.76. The number of rotatable bonds is 6. The Kier molecular flexibility index (Phi) is 6.77. The summed E-state index contributed by atoms with van der Waals surface area (Å²) in [6.07, 6.45) is 0.825. The van der Waals surface area contributed by atoms with Crippen molar-refractivity contribution >= 4 is 11.8 Å². The number of nitrogens with one attached hydrogen (secondary N) is 1. The third kappa shape index (κ3) is 4.79. The number of piperazine rings is 1. The second kappa shape index (κ2) is 10.5. The molecule has 3 aromatic rings. The third-order valence-electron chi connectivity index (χ3n) is 8.16. The zero-order chi connectivity index (χ0) is 25.2. The molecule has 3 aliphatic heterocycles. The predicted molar refractivity (Wildman–Crippen MR) is 144 cm³/mol. The molecule has 3 heterocycles. The van der Waals surface area contributed by atoms with Crippen LogP contribution in [0.3, 0.4) is 0 Å². The first-order valence-corrected chi connectivity index (χ1v) is 13.4. The minimum Gasteiger partial charge on any atom is -0.354 e. The van der Waals surface area contributed by atoms with Gasteiger partial charge >= 0.3 is 0 Å². The lowest BCUT2D eigenvalue weighted by molar-refractivity contribution is -0.124. The molecule has 6 nitrogen and oxygen atoms in total. The van der Waals surface area contributed by atoms with Gasteiger partial charge in [-0.15, -0.1) is 0 Å². The highest BCUT2D eigenvalue weighted by Gasteiger charge is 2.46. The average molecular weight is 495 g/mol. The van der Waals surface area contributed by atoms with Gasteiger partial charge in [-0.25, -0.2) is 0 Å². The SMILES string of the molecule is O=C(NCCN1CCN(Cc2ccccc2)CC1)[C@H]1c2ccccc2C(=O)N2CCc3ccccc3[C@@H]12. The van der Waals surface area contributed by atoms with Gasteiger partial charge in [-0.05, 0) is 34.7 Å². The van der Waals surface area contributed by atoms with Gasteiger partial charge in [-0.1, -0.05) is 72.8 Å². The molecule has 37 heavy (non-hydrogen) atoms. The topological polar surface area (TPSA) is 55.9 Å². The summed E-state index contributed by atoms with van der Waals surface area (Å²) in [5.74, 6) is -0.361. The highest BCUT2D eigenvalue weighted by atomic mass is 16.2. The molecule has 6 heteroatoms. The van der Waals surface area contributed by atoms with Gasteiger partial charge in [-0.2, -0.15) is 0 Å². The van der Waals surface area contributed by atoms with Crippen LogP contribution in [0.15, 0.2) is 78.9 Å². The second-order valence-electron chi connectivity index (χ2n) is 10.4. The molecule has 0 saturated carbocycles. The standard InChI is InChI=1S/C31H34N4O2/c36-30(32-15-17-33-18-20-34(21-19-33)22-23-8-2-1-3-9-23)28-26-12-6-7-13-27(26)31(37)35-16-14-24-10-4-5-11-25(24)29(28)35/h1-13,28-29H,14-22H2,(H,32,36)/t28-,29-/m0/s1. The van der Waals surface area contributed by atoms with E-state index in [2.05, 4.69) is 57.6 Å². The normalized spacial score (nSPS) is 21.6. The van der Waals surface area contributed by atoms with Gasteiger partial charge < -0.3 is 10.2 Å². The fourth-order valence-corrected chi connectivity index (χ4v) is 6.22. The first-order chi connectivity index (χ1) is 18.2. The number of carbonyl (C=O) groups excluding carboxylic acids is 2. The Morgan fingerprint density at radius 3 is 2.27 bits per heavy atom. The molecule has 3 aliphatic rings. The van der Waals surface area contributed by atoms with Gasteiger partial charge in [0.1, 0.15) is 0 Å². The van der Waals surface area contributed by atoms with Gasteiger partial charge in [-0.3, -0.25) is 19.4 Å². The van der Waals surface area contributed by atoms with Crippen molar-refractivity contribution in [3.05, 3.63) is 107 Å². The van der Waals surface area contributed by atoms with Crippen molar-refractivity contribution < 1.29 is 9.59 Å². The van der Waals surface area contributed by atoms with Crippen LogP contribution in [0.5, 0.6) is 0 Å². The Balaban J connectivity index is 1.11. The first kappa shape index (κ1) is 23.9. The van der Waals surface area contributed by atoms with Crippen molar-refractivity contribution in [1.29, 1.82) is 0 Å². The molecule has 190 valence electrons. The number of fused-ring (bicyclic) bond motifs is 4. The van der Waals surface area contributed by atoms with E-state index in [-0.39, 0.29) is 17.9 Å². The van der Waals surface area contributed by atoms with Crippen molar-refractivity contribution in [3.8, 4) is 0 Å². The highest BCUT2D eigenvalue weighted by molar-refractivity contribution is 6.01. The largest absolute Gasteiger partial charge is 0.354 e. The van der Waals surface area contributed by atoms with Crippen LogP contribution in [-0.4, -0.2) is 72.3 Å². The molecule has 1 N–H and O–H groups in total. The number of hydrogen-bond donors (Lipinski definition) is 1. The number of benzene rings is 3. The lowest BCUT2D eigenvalue weighted by Crippen LogP contribution is -2.51. The first-order valence-electron chi connectivity index (χ1n) is 13.4. The van der Waals surface area contributed by atoms with Gasteiger partial charge in [0.15, 0.2) is 0 Å². The van der Waals surface area contributed by atoms with Crippen LogP contribution in [0.4, 0.5) is 0 Å². The Bertz CT molecular complexity index is 1270. The second-order valence-corrected chi connectivity index (χ2v) is 10.4. The van der Waals surface area contributed by atoms with Gasteiger partial charge in [0, 0.05) is 57.9 Å². The van der Waals surface area contributed by atoms with E-state index < -0.39 is 5.92 Å². The Morgan fingerprint density at radius 2 is 1.46 bits per heavy atom. The maximum Gasteiger partial charge on any atom is 0.254 e. The van der Waals surface area contributed by atoms with Crippen molar-refractivity contribution in [2.45, 2.75) is 24.9 Å². The van der Waals surface area contributed by atoms with E-state index in [1.165, 1.54) is 11.1 Å². The zero-order valence-electron chi connectivity index (χ0n) is 21.2. The molecule has 6 rings (SSSR count). The van der Waals surface area contributed by atoms with Gasteiger partial charge in [0.05, 0.1) is 12.0 Å². The van der Waals surface area contributed by atoms with Crippen LogP contribution in [-0.2, 0) is 17.8 Å². The zero-order valence-corrected chi connectivity index (χ0v) is 21.2. The summed E-state index contributed by atoms with van der Waals surface area (Å²) in [5.41, 5.74) is 5.20. The quantitative estimate of drug-likeness (QED) is 0.570. The van der Waals surface area contributed by atoms with E-state index in [1.807, 2.05) is 41.3 Å². The molecular formula is C31H34N4O2. The molecule has 2 amide bonds. The molecule has 1 saturated heterocycles. The van der Waals surface area contributed by atoms with Crippen LogP contribution in [0.25, 0.3) is 0 Å². The minimum absolute atomic E-state index is 0.00867. The van der Waals surface area contributed by atoms with Crippen molar-refractivity contribution in [3.63, 3.8) is 0 Å². The van der Waals surface area contributed by atoms with E-state index in [0.29, 0.717) is 18.7 Å². The summed E-state index contributed by atoms with van der Waals surface area (Å²) in [5, 5.41) is 3.24. The summed E-state index contributed by atoms with van der Waals surface area (Å²) >= 11 is 0. The maximum atomic E-state index is 13.8. The van der Waals surface area contributed by atoms with E-state index >= 15 is 0 Å². The van der Waals surface area contributed by atoms with Gasteiger partial charge in [0.25, 0.3) is 5.91 Å². The average Bonchev–Trinajstić information content (AvgIpc) is 2.94. The highest BCUT2D eigenvalue weighted by Crippen LogP contribution is 2.45.